The number of hydrogen-bond donors (Lipinski definition) is 1. The zero-order valence-electron chi connectivity index (χ0n) is 11.8. The molecule has 0 aliphatic carbocycles. The summed E-state index contributed by atoms with van der Waals surface area (Å²) in [5.41, 5.74) is 2.65. The molecule has 0 radical (unpaired) electrons. The molecule has 0 saturated carbocycles. The van der Waals surface area contributed by atoms with Gasteiger partial charge >= 0.3 is 0 Å². The SMILES string of the molecule is CCNC(CC)c1nnc(Cc2ccccc2C)s1. The van der Waals surface area contributed by atoms with Crippen LogP contribution in [0.5, 0.6) is 0 Å². The number of aromatic nitrogens is 2. The standard InChI is InChI=1S/C15H21N3S/c1-4-13(16-5-2)15-18-17-14(19-15)10-12-9-7-6-8-11(12)3/h6-9,13,16H,4-5,10H2,1-3H3. The molecular formula is C15H21N3S. The lowest BCUT2D eigenvalue weighted by molar-refractivity contribution is 0.531. The second kappa shape index (κ2) is 6.78. The van der Waals surface area contributed by atoms with E-state index in [2.05, 4.69) is 60.6 Å². The van der Waals surface area contributed by atoms with Crippen LogP contribution in [0.2, 0.25) is 0 Å². The van der Waals surface area contributed by atoms with Crippen molar-refractivity contribution >= 4 is 11.3 Å². The van der Waals surface area contributed by atoms with Crippen molar-refractivity contribution in [1.29, 1.82) is 0 Å². The highest BCUT2D eigenvalue weighted by molar-refractivity contribution is 7.11. The van der Waals surface area contributed by atoms with Gasteiger partial charge in [0.25, 0.3) is 0 Å². The Hall–Kier alpha value is -1.26. The van der Waals surface area contributed by atoms with Crippen molar-refractivity contribution in [1.82, 2.24) is 15.5 Å². The van der Waals surface area contributed by atoms with Gasteiger partial charge in [-0.25, -0.2) is 0 Å². The molecule has 0 saturated heterocycles. The highest BCUT2D eigenvalue weighted by Gasteiger charge is 2.14. The minimum absolute atomic E-state index is 0.341. The summed E-state index contributed by atoms with van der Waals surface area (Å²) in [5, 5.41) is 14.3. The summed E-state index contributed by atoms with van der Waals surface area (Å²) >= 11 is 1.72. The Labute approximate surface area is 119 Å². The molecule has 0 spiro atoms. The molecule has 2 rings (SSSR count). The minimum Gasteiger partial charge on any atom is -0.308 e. The molecule has 0 bridgehead atoms. The third kappa shape index (κ3) is 3.61. The second-order valence-corrected chi connectivity index (χ2v) is 5.75. The zero-order chi connectivity index (χ0) is 13.7. The molecule has 0 amide bonds. The van der Waals surface area contributed by atoms with Gasteiger partial charge in [0.05, 0.1) is 6.04 Å². The summed E-state index contributed by atoms with van der Waals surface area (Å²) in [6.45, 7) is 7.41. The maximum atomic E-state index is 4.34. The first-order valence-corrected chi connectivity index (χ1v) is 7.66. The lowest BCUT2D eigenvalue weighted by Gasteiger charge is -2.11. The Balaban J connectivity index is 2.11. The van der Waals surface area contributed by atoms with Crippen LogP contribution >= 0.6 is 11.3 Å². The summed E-state index contributed by atoms with van der Waals surface area (Å²) in [6, 6.07) is 8.80. The van der Waals surface area contributed by atoms with Gasteiger partial charge in [-0.2, -0.15) is 0 Å². The highest BCUT2D eigenvalue weighted by atomic mass is 32.1. The lowest BCUT2D eigenvalue weighted by atomic mass is 10.1. The van der Waals surface area contributed by atoms with E-state index in [0.717, 1.165) is 29.4 Å². The van der Waals surface area contributed by atoms with Gasteiger partial charge in [-0.1, -0.05) is 49.4 Å². The van der Waals surface area contributed by atoms with Crippen molar-refractivity contribution in [3.8, 4) is 0 Å². The van der Waals surface area contributed by atoms with Crippen molar-refractivity contribution in [2.75, 3.05) is 6.54 Å². The van der Waals surface area contributed by atoms with Gasteiger partial charge in [0.15, 0.2) is 0 Å². The molecule has 1 heterocycles. The van der Waals surface area contributed by atoms with Crippen LogP contribution < -0.4 is 5.32 Å². The number of rotatable bonds is 6. The Bertz CT molecular complexity index is 522. The smallest absolute Gasteiger partial charge is 0.134 e. The molecule has 0 fully saturated rings. The van der Waals surface area contributed by atoms with E-state index in [1.54, 1.807) is 11.3 Å². The molecular weight excluding hydrogens is 254 g/mol. The van der Waals surface area contributed by atoms with Crippen LogP contribution in [-0.2, 0) is 6.42 Å². The van der Waals surface area contributed by atoms with Gasteiger partial charge in [-0.15, -0.1) is 10.2 Å². The molecule has 0 aliphatic rings. The molecule has 1 atom stereocenters. The fourth-order valence-corrected chi connectivity index (χ4v) is 3.13. The number of hydrogen-bond acceptors (Lipinski definition) is 4. The third-order valence-corrected chi connectivity index (χ3v) is 4.28. The van der Waals surface area contributed by atoms with Crippen molar-refractivity contribution in [2.24, 2.45) is 0 Å². The topological polar surface area (TPSA) is 37.8 Å². The van der Waals surface area contributed by atoms with E-state index in [9.17, 15) is 0 Å². The van der Waals surface area contributed by atoms with Crippen molar-refractivity contribution in [3.05, 3.63) is 45.4 Å². The molecule has 1 aromatic carbocycles. The van der Waals surface area contributed by atoms with Crippen molar-refractivity contribution < 1.29 is 0 Å². The van der Waals surface area contributed by atoms with E-state index < -0.39 is 0 Å². The van der Waals surface area contributed by atoms with Crippen LogP contribution in [-0.4, -0.2) is 16.7 Å². The molecule has 4 heteroatoms. The molecule has 102 valence electrons. The summed E-state index contributed by atoms with van der Waals surface area (Å²) in [6.07, 6.45) is 1.93. The quantitative estimate of drug-likeness (QED) is 0.877. The van der Waals surface area contributed by atoms with Gasteiger partial charge in [-0.3, -0.25) is 0 Å². The van der Waals surface area contributed by atoms with E-state index in [4.69, 9.17) is 0 Å². The Kier molecular flexibility index (Phi) is 5.05. The molecule has 2 aromatic rings. The van der Waals surface area contributed by atoms with Crippen LogP contribution in [0.25, 0.3) is 0 Å². The zero-order valence-corrected chi connectivity index (χ0v) is 12.6. The predicted molar refractivity (Wildman–Crippen MR) is 80.6 cm³/mol. The largest absolute Gasteiger partial charge is 0.308 e. The Morgan fingerprint density at radius 1 is 1.21 bits per heavy atom. The number of benzene rings is 1. The number of nitrogens with one attached hydrogen (secondary N) is 1. The maximum Gasteiger partial charge on any atom is 0.134 e. The summed E-state index contributed by atoms with van der Waals surface area (Å²) in [4.78, 5) is 0. The van der Waals surface area contributed by atoms with Gasteiger partial charge in [0, 0.05) is 6.42 Å². The van der Waals surface area contributed by atoms with Gasteiger partial charge in [0.1, 0.15) is 10.0 Å². The Morgan fingerprint density at radius 3 is 2.68 bits per heavy atom. The summed E-state index contributed by atoms with van der Waals surface area (Å²) in [5.74, 6) is 0. The van der Waals surface area contributed by atoms with Gasteiger partial charge < -0.3 is 5.32 Å². The molecule has 1 N–H and O–H groups in total. The van der Waals surface area contributed by atoms with E-state index in [1.807, 2.05) is 0 Å². The molecule has 3 nitrogen and oxygen atoms in total. The molecule has 0 aliphatic heterocycles. The average molecular weight is 275 g/mol. The fraction of sp³-hybridized carbons (Fsp3) is 0.467. The third-order valence-electron chi connectivity index (χ3n) is 3.24. The number of aryl methyl sites for hydroxylation is 1. The van der Waals surface area contributed by atoms with Crippen molar-refractivity contribution in [2.45, 2.75) is 39.7 Å². The van der Waals surface area contributed by atoms with Crippen LogP contribution in [0.1, 0.15) is 47.5 Å². The average Bonchev–Trinajstić information content (AvgIpc) is 2.87. The van der Waals surface area contributed by atoms with E-state index in [-0.39, 0.29) is 0 Å². The van der Waals surface area contributed by atoms with E-state index >= 15 is 0 Å². The molecule has 19 heavy (non-hydrogen) atoms. The summed E-state index contributed by atoms with van der Waals surface area (Å²) in [7, 11) is 0. The van der Waals surface area contributed by atoms with Crippen molar-refractivity contribution in [3.63, 3.8) is 0 Å². The molecule has 1 aromatic heterocycles. The van der Waals surface area contributed by atoms with E-state index in [0.29, 0.717) is 6.04 Å². The summed E-state index contributed by atoms with van der Waals surface area (Å²) < 4.78 is 0. The Morgan fingerprint density at radius 2 is 2.00 bits per heavy atom. The monoisotopic (exact) mass is 275 g/mol. The predicted octanol–water partition coefficient (Wildman–Crippen LogP) is 3.50. The first-order valence-electron chi connectivity index (χ1n) is 6.84. The minimum atomic E-state index is 0.341. The number of nitrogens with zero attached hydrogens (tertiary/aromatic N) is 2. The van der Waals surface area contributed by atoms with E-state index in [1.165, 1.54) is 11.1 Å². The highest BCUT2D eigenvalue weighted by Crippen LogP contribution is 2.23. The first-order chi connectivity index (χ1) is 9.24. The first kappa shape index (κ1) is 14.2. The normalized spacial score (nSPS) is 12.6. The van der Waals surface area contributed by atoms with Crippen LogP contribution in [0.3, 0.4) is 0 Å². The van der Waals surface area contributed by atoms with Crippen LogP contribution in [0.15, 0.2) is 24.3 Å². The fourth-order valence-electron chi connectivity index (χ4n) is 2.10. The lowest BCUT2D eigenvalue weighted by Crippen LogP contribution is -2.19. The van der Waals surface area contributed by atoms with Gasteiger partial charge in [0.2, 0.25) is 0 Å². The van der Waals surface area contributed by atoms with Gasteiger partial charge in [-0.05, 0) is 31.0 Å². The van der Waals surface area contributed by atoms with Crippen LogP contribution in [0.4, 0.5) is 0 Å². The maximum absolute atomic E-state index is 4.34. The molecule has 1 unspecified atom stereocenters. The second-order valence-electron chi connectivity index (χ2n) is 4.66. The van der Waals surface area contributed by atoms with Crippen LogP contribution in [0, 0.1) is 6.92 Å².